The molecule has 1 N–H and O–H groups in total. The lowest BCUT2D eigenvalue weighted by atomic mass is 9.44. The Kier molecular flexibility index (Phi) is 3.81. The number of hydrogen-bond acceptors (Lipinski definition) is 2. The van der Waals surface area contributed by atoms with E-state index in [4.69, 9.17) is 4.74 Å². The predicted octanol–water partition coefficient (Wildman–Crippen LogP) is 4.72. The summed E-state index contributed by atoms with van der Waals surface area (Å²) in [6.07, 6.45) is 10.3. The molecule has 3 aliphatic rings. The lowest BCUT2D eigenvalue weighted by Gasteiger charge is -2.64. The maximum Gasteiger partial charge on any atom is 0.0840 e. The highest BCUT2D eigenvalue weighted by molar-refractivity contribution is 5.17. The second-order valence-corrected chi connectivity index (χ2v) is 9.12. The second kappa shape index (κ2) is 5.08. The van der Waals surface area contributed by atoms with Gasteiger partial charge in [-0.25, -0.2) is 0 Å². The Morgan fingerprint density at radius 1 is 1.14 bits per heavy atom. The minimum Gasteiger partial charge on any atom is -0.396 e. The van der Waals surface area contributed by atoms with E-state index in [2.05, 4.69) is 34.3 Å². The second-order valence-electron chi connectivity index (χ2n) is 9.12. The Morgan fingerprint density at radius 2 is 1.86 bits per heavy atom. The Hall–Kier alpha value is -0.340. The summed E-state index contributed by atoms with van der Waals surface area (Å²) in [6, 6.07) is 0. The molecule has 0 amide bonds. The predicted molar refractivity (Wildman–Crippen MR) is 90.7 cm³/mol. The van der Waals surface area contributed by atoms with Crippen molar-refractivity contribution in [1.82, 2.24) is 0 Å². The highest BCUT2D eigenvalue weighted by Crippen LogP contribution is 2.67. The van der Waals surface area contributed by atoms with Gasteiger partial charge in [-0.2, -0.15) is 0 Å². The van der Waals surface area contributed by atoms with Crippen molar-refractivity contribution < 1.29 is 9.84 Å². The van der Waals surface area contributed by atoms with Gasteiger partial charge in [0, 0.05) is 12.0 Å². The zero-order chi connectivity index (χ0) is 16.2. The maximum absolute atomic E-state index is 10.1. The van der Waals surface area contributed by atoms with Gasteiger partial charge >= 0.3 is 0 Å². The Balaban J connectivity index is 2.04. The first kappa shape index (κ1) is 16.5. The molecule has 2 saturated carbocycles. The number of aliphatic hydroxyl groups is 1. The third-order valence-electron chi connectivity index (χ3n) is 7.91. The fourth-order valence-electron chi connectivity index (χ4n) is 6.40. The molecule has 1 saturated heterocycles. The molecule has 22 heavy (non-hydrogen) atoms. The highest BCUT2D eigenvalue weighted by Gasteiger charge is 2.66. The van der Waals surface area contributed by atoms with Crippen molar-refractivity contribution in [2.45, 2.75) is 83.8 Å². The lowest BCUT2D eigenvalue weighted by molar-refractivity contribution is -0.242. The van der Waals surface area contributed by atoms with Crippen molar-refractivity contribution in [3.05, 3.63) is 12.7 Å². The molecule has 0 bridgehead atoms. The molecule has 3 fully saturated rings. The van der Waals surface area contributed by atoms with Crippen LogP contribution >= 0.6 is 0 Å². The van der Waals surface area contributed by atoms with E-state index in [0.29, 0.717) is 18.4 Å². The fourth-order valence-corrected chi connectivity index (χ4v) is 6.40. The maximum atomic E-state index is 10.1. The van der Waals surface area contributed by atoms with Gasteiger partial charge in [-0.15, -0.1) is 6.58 Å². The van der Waals surface area contributed by atoms with E-state index in [9.17, 15) is 5.11 Å². The van der Waals surface area contributed by atoms with Crippen molar-refractivity contribution in [2.75, 3.05) is 6.61 Å². The molecule has 0 aromatic heterocycles. The molecular formula is C20H34O2. The van der Waals surface area contributed by atoms with Crippen LogP contribution < -0.4 is 0 Å². The largest absolute Gasteiger partial charge is 0.396 e. The van der Waals surface area contributed by atoms with Gasteiger partial charge in [0.1, 0.15) is 0 Å². The van der Waals surface area contributed by atoms with Gasteiger partial charge in [0.15, 0.2) is 0 Å². The first-order chi connectivity index (χ1) is 10.3. The van der Waals surface area contributed by atoms with Crippen LogP contribution in [-0.2, 0) is 4.74 Å². The zero-order valence-corrected chi connectivity index (χ0v) is 15.0. The molecule has 126 valence electrons. The zero-order valence-electron chi connectivity index (χ0n) is 15.0. The molecule has 6 unspecified atom stereocenters. The third kappa shape index (κ3) is 1.99. The van der Waals surface area contributed by atoms with Crippen molar-refractivity contribution >= 4 is 0 Å². The monoisotopic (exact) mass is 306 g/mol. The summed E-state index contributed by atoms with van der Waals surface area (Å²) in [6.45, 7) is 13.7. The molecule has 3 rings (SSSR count). The van der Waals surface area contributed by atoms with Gasteiger partial charge in [0.2, 0.25) is 0 Å². The standard InChI is InChI=1S/C20H34O2/c1-6-18(4)12-13-20(22-18)15(2)8-9-16-17(3,14-21)10-7-11-19(16,20)5/h6,15-16,21H,1,7-14H2,2-5H3. The molecule has 0 aromatic rings. The summed E-state index contributed by atoms with van der Waals surface area (Å²) in [4.78, 5) is 0. The SMILES string of the molecule is C=CC1(C)CCC2(O1)C(C)CCC1C(C)(CO)CCCC12C. The van der Waals surface area contributed by atoms with Crippen molar-refractivity contribution in [1.29, 1.82) is 0 Å². The van der Waals surface area contributed by atoms with Crippen LogP contribution in [0.3, 0.4) is 0 Å². The average Bonchev–Trinajstić information content (AvgIpc) is 2.86. The number of hydrogen-bond donors (Lipinski definition) is 1. The van der Waals surface area contributed by atoms with E-state index in [1.165, 1.54) is 25.7 Å². The van der Waals surface area contributed by atoms with Crippen LogP contribution in [-0.4, -0.2) is 22.9 Å². The van der Waals surface area contributed by atoms with Crippen LogP contribution in [0, 0.1) is 22.7 Å². The van der Waals surface area contributed by atoms with Crippen LogP contribution in [0.1, 0.15) is 72.6 Å². The van der Waals surface area contributed by atoms with Crippen molar-refractivity contribution in [2.24, 2.45) is 22.7 Å². The average molecular weight is 306 g/mol. The smallest absolute Gasteiger partial charge is 0.0840 e. The van der Waals surface area contributed by atoms with E-state index in [-0.39, 0.29) is 22.0 Å². The molecule has 6 atom stereocenters. The third-order valence-corrected chi connectivity index (χ3v) is 7.91. The van der Waals surface area contributed by atoms with Crippen LogP contribution in [0.4, 0.5) is 0 Å². The summed E-state index contributed by atoms with van der Waals surface area (Å²) >= 11 is 0. The summed E-state index contributed by atoms with van der Waals surface area (Å²) < 4.78 is 6.85. The van der Waals surface area contributed by atoms with Crippen LogP contribution in [0.25, 0.3) is 0 Å². The van der Waals surface area contributed by atoms with Crippen molar-refractivity contribution in [3.63, 3.8) is 0 Å². The van der Waals surface area contributed by atoms with Gasteiger partial charge < -0.3 is 9.84 Å². The molecule has 0 radical (unpaired) electrons. The summed E-state index contributed by atoms with van der Waals surface area (Å²) in [7, 11) is 0. The van der Waals surface area contributed by atoms with Crippen LogP contribution in [0.2, 0.25) is 0 Å². The molecule has 1 aliphatic heterocycles. The Bertz CT molecular complexity index is 461. The van der Waals surface area contributed by atoms with E-state index in [0.717, 1.165) is 19.3 Å². The number of rotatable bonds is 2. The lowest BCUT2D eigenvalue weighted by Crippen LogP contribution is -2.63. The number of ether oxygens (including phenoxy) is 1. The Labute approximate surface area is 136 Å². The molecule has 2 nitrogen and oxygen atoms in total. The first-order valence-electron chi connectivity index (χ1n) is 9.20. The van der Waals surface area contributed by atoms with E-state index in [1.807, 2.05) is 6.08 Å². The van der Waals surface area contributed by atoms with Crippen molar-refractivity contribution in [3.8, 4) is 0 Å². The molecule has 2 heteroatoms. The first-order valence-corrected chi connectivity index (χ1v) is 9.20. The van der Waals surface area contributed by atoms with Gasteiger partial charge in [-0.1, -0.05) is 33.3 Å². The van der Waals surface area contributed by atoms with Crippen LogP contribution in [0.15, 0.2) is 12.7 Å². The topological polar surface area (TPSA) is 29.5 Å². The normalized spacial score (nSPS) is 55.1. The molecule has 1 spiro atoms. The molecule has 2 aliphatic carbocycles. The Morgan fingerprint density at radius 3 is 2.45 bits per heavy atom. The van der Waals surface area contributed by atoms with Crippen LogP contribution in [0.5, 0.6) is 0 Å². The van der Waals surface area contributed by atoms with Gasteiger partial charge in [0.25, 0.3) is 0 Å². The molecular weight excluding hydrogens is 272 g/mol. The van der Waals surface area contributed by atoms with Gasteiger partial charge in [-0.3, -0.25) is 0 Å². The quantitative estimate of drug-likeness (QED) is 0.748. The minimum atomic E-state index is -0.174. The highest BCUT2D eigenvalue weighted by atomic mass is 16.5. The van der Waals surface area contributed by atoms with E-state index >= 15 is 0 Å². The summed E-state index contributed by atoms with van der Waals surface area (Å²) in [5.41, 5.74) is 0.0414. The summed E-state index contributed by atoms with van der Waals surface area (Å²) in [5.74, 6) is 1.17. The van der Waals surface area contributed by atoms with Gasteiger partial charge in [-0.05, 0) is 62.7 Å². The van der Waals surface area contributed by atoms with Gasteiger partial charge in [0.05, 0.1) is 11.2 Å². The molecule has 1 heterocycles. The minimum absolute atomic E-state index is 0.0320. The van der Waals surface area contributed by atoms with E-state index in [1.54, 1.807) is 0 Å². The molecule has 0 aromatic carbocycles. The number of aliphatic hydroxyl groups excluding tert-OH is 1. The number of fused-ring (bicyclic) bond motifs is 2. The van der Waals surface area contributed by atoms with E-state index < -0.39 is 0 Å². The summed E-state index contributed by atoms with van der Waals surface area (Å²) in [5, 5.41) is 10.1. The fraction of sp³-hybridized carbons (Fsp3) is 0.900.